The zero-order valence-corrected chi connectivity index (χ0v) is 6.11. The lowest BCUT2D eigenvalue weighted by Gasteiger charge is -2.17. The number of allylic oxidation sites excluding steroid dienone is 1. The highest BCUT2D eigenvalue weighted by molar-refractivity contribution is 5.94. The molecule has 0 fully saturated rings. The third kappa shape index (κ3) is 2.00. The first-order valence-electron chi connectivity index (χ1n) is 3.07. The summed E-state index contributed by atoms with van der Waals surface area (Å²) < 4.78 is 0. The molecule has 0 spiro atoms. The Morgan fingerprint density at radius 3 is 2.33 bits per heavy atom. The molecule has 0 amide bonds. The third-order valence-electron chi connectivity index (χ3n) is 1.56. The molecule has 1 radical (unpaired) electrons. The molecule has 0 aliphatic rings. The summed E-state index contributed by atoms with van der Waals surface area (Å²) >= 11 is 0. The van der Waals surface area contributed by atoms with E-state index >= 15 is 0 Å². The maximum Gasteiger partial charge on any atom is 0.160 e. The van der Waals surface area contributed by atoms with Gasteiger partial charge < -0.3 is 0 Å². The van der Waals surface area contributed by atoms with Crippen LogP contribution in [0.3, 0.4) is 0 Å². The molecule has 0 heterocycles. The molecule has 9 heavy (non-hydrogen) atoms. The van der Waals surface area contributed by atoms with E-state index in [0.717, 1.165) is 6.42 Å². The fraction of sp³-hybridized carbons (Fsp3) is 0.500. The summed E-state index contributed by atoms with van der Waals surface area (Å²) in [7, 11) is 0. The lowest BCUT2D eigenvalue weighted by atomic mass is 9.85. The molecule has 1 atom stereocenters. The lowest BCUT2D eigenvalue weighted by Crippen LogP contribution is -2.20. The number of rotatable bonds is 3. The van der Waals surface area contributed by atoms with Gasteiger partial charge in [0.1, 0.15) is 0 Å². The monoisotopic (exact) mass is 125 g/mol. The van der Waals surface area contributed by atoms with Gasteiger partial charge in [-0.05, 0) is 19.4 Å². The highest BCUT2D eigenvalue weighted by atomic mass is 16.1. The molecule has 1 unspecified atom stereocenters. The van der Waals surface area contributed by atoms with Crippen LogP contribution < -0.4 is 0 Å². The fourth-order valence-electron chi connectivity index (χ4n) is 0.421. The topological polar surface area (TPSA) is 17.1 Å². The van der Waals surface area contributed by atoms with Crippen LogP contribution >= 0.6 is 0 Å². The van der Waals surface area contributed by atoms with E-state index in [4.69, 9.17) is 0 Å². The molecule has 1 nitrogen and oxygen atoms in total. The summed E-state index contributed by atoms with van der Waals surface area (Å²) in [5, 5.41) is 0. The van der Waals surface area contributed by atoms with Crippen LogP contribution in [0.1, 0.15) is 20.3 Å². The third-order valence-corrected chi connectivity index (χ3v) is 1.56. The second kappa shape index (κ2) is 2.81. The molecule has 0 saturated carbocycles. The van der Waals surface area contributed by atoms with Gasteiger partial charge in [0.25, 0.3) is 0 Å². The van der Waals surface area contributed by atoms with Crippen molar-refractivity contribution in [3.8, 4) is 0 Å². The van der Waals surface area contributed by atoms with Gasteiger partial charge in [-0.3, -0.25) is 4.79 Å². The molecular weight excluding hydrogens is 112 g/mol. The van der Waals surface area contributed by atoms with Gasteiger partial charge in [-0.15, -0.1) is 0 Å². The van der Waals surface area contributed by atoms with E-state index in [-0.39, 0.29) is 5.78 Å². The van der Waals surface area contributed by atoms with Crippen molar-refractivity contribution >= 4 is 5.78 Å². The molecule has 1 heteroatoms. The van der Waals surface area contributed by atoms with Gasteiger partial charge in [-0.1, -0.05) is 20.4 Å². The number of carbonyl (C=O) groups is 1. The standard InChI is InChI=1S/C8H13O/c1-5-7(9)8(3,4)6-2/h5H,1,3,6H2,2,4H3. The molecule has 0 N–H and O–H groups in total. The minimum atomic E-state index is -0.457. The van der Waals surface area contributed by atoms with Crippen molar-refractivity contribution in [1.29, 1.82) is 0 Å². The Morgan fingerprint density at radius 2 is 2.22 bits per heavy atom. The molecule has 0 aromatic rings. The summed E-state index contributed by atoms with van der Waals surface area (Å²) in [5.74, 6) is 0.0185. The van der Waals surface area contributed by atoms with E-state index in [1.807, 2.05) is 13.8 Å². The fourth-order valence-corrected chi connectivity index (χ4v) is 0.421. The van der Waals surface area contributed by atoms with Crippen LogP contribution in [-0.4, -0.2) is 5.78 Å². The van der Waals surface area contributed by atoms with Gasteiger partial charge in [0, 0.05) is 5.41 Å². The molecule has 0 saturated heterocycles. The van der Waals surface area contributed by atoms with Crippen molar-refractivity contribution in [1.82, 2.24) is 0 Å². The molecular formula is C8H13O. The number of hydrogen-bond donors (Lipinski definition) is 0. The van der Waals surface area contributed by atoms with Gasteiger partial charge in [0.2, 0.25) is 0 Å². The van der Waals surface area contributed by atoms with E-state index in [1.165, 1.54) is 6.08 Å². The van der Waals surface area contributed by atoms with Crippen LogP contribution in [0.5, 0.6) is 0 Å². The summed E-state index contributed by atoms with van der Waals surface area (Å²) in [4.78, 5) is 10.9. The number of ketones is 1. The smallest absolute Gasteiger partial charge is 0.160 e. The molecule has 0 aromatic heterocycles. The molecule has 0 aliphatic carbocycles. The van der Waals surface area contributed by atoms with E-state index < -0.39 is 5.41 Å². The first-order chi connectivity index (χ1) is 4.04. The van der Waals surface area contributed by atoms with E-state index in [1.54, 1.807) is 0 Å². The Kier molecular flexibility index (Phi) is 2.63. The van der Waals surface area contributed by atoms with Crippen LogP contribution in [0.25, 0.3) is 0 Å². The quantitative estimate of drug-likeness (QED) is 0.527. The molecule has 51 valence electrons. The Hall–Kier alpha value is -0.590. The van der Waals surface area contributed by atoms with E-state index in [0.29, 0.717) is 0 Å². The highest BCUT2D eigenvalue weighted by Gasteiger charge is 2.21. The summed E-state index contributed by atoms with van der Waals surface area (Å²) in [6.45, 7) is 10.9. The zero-order valence-electron chi connectivity index (χ0n) is 6.11. The Bertz CT molecular complexity index is 123. The second-order valence-corrected chi connectivity index (χ2v) is 2.48. The van der Waals surface area contributed by atoms with Crippen molar-refractivity contribution < 1.29 is 4.79 Å². The average Bonchev–Trinajstić information content (AvgIpc) is 1.86. The molecule has 0 bridgehead atoms. The average molecular weight is 125 g/mol. The highest BCUT2D eigenvalue weighted by Crippen LogP contribution is 2.20. The van der Waals surface area contributed by atoms with Crippen LogP contribution in [-0.2, 0) is 4.79 Å². The molecule has 0 aromatic carbocycles. The van der Waals surface area contributed by atoms with Gasteiger partial charge in [0.05, 0.1) is 0 Å². The summed E-state index contributed by atoms with van der Waals surface area (Å²) in [5.41, 5.74) is -0.457. The van der Waals surface area contributed by atoms with Crippen molar-refractivity contribution in [2.45, 2.75) is 20.3 Å². The Morgan fingerprint density at radius 1 is 1.78 bits per heavy atom. The van der Waals surface area contributed by atoms with Gasteiger partial charge in [-0.25, -0.2) is 0 Å². The van der Waals surface area contributed by atoms with Crippen LogP contribution in [0.15, 0.2) is 12.7 Å². The van der Waals surface area contributed by atoms with Gasteiger partial charge >= 0.3 is 0 Å². The van der Waals surface area contributed by atoms with Crippen LogP contribution in [0, 0.1) is 12.3 Å². The first-order valence-corrected chi connectivity index (χ1v) is 3.07. The van der Waals surface area contributed by atoms with Crippen LogP contribution in [0.4, 0.5) is 0 Å². The van der Waals surface area contributed by atoms with Crippen molar-refractivity contribution in [2.24, 2.45) is 5.41 Å². The molecule has 0 rings (SSSR count). The summed E-state index contributed by atoms with van der Waals surface area (Å²) in [6, 6.07) is 0. The predicted octanol–water partition coefficient (Wildman–Crippen LogP) is 1.99. The summed E-state index contributed by atoms with van der Waals surface area (Å²) in [6.07, 6.45) is 2.09. The first kappa shape index (κ1) is 8.41. The normalized spacial score (nSPS) is 11.0. The zero-order chi connectivity index (χ0) is 7.49. The number of carbonyl (C=O) groups excluding carboxylic acids is 1. The van der Waals surface area contributed by atoms with Gasteiger partial charge in [0.15, 0.2) is 5.78 Å². The van der Waals surface area contributed by atoms with E-state index in [9.17, 15) is 4.79 Å². The number of hydrogen-bond acceptors (Lipinski definition) is 1. The van der Waals surface area contributed by atoms with Crippen molar-refractivity contribution in [2.75, 3.05) is 0 Å². The SMILES string of the molecule is [CH2]C(C)(CC)C(=O)C=C. The second-order valence-electron chi connectivity index (χ2n) is 2.48. The Labute approximate surface area is 56.8 Å². The predicted molar refractivity (Wildman–Crippen MR) is 39.0 cm³/mol. The largest absolute Gasteiger partial charge is 0.294 e. The maximum atomic E-state index is 10.9. The minimum absolute atomic E-state index is 0.0185. The van der Waals surface area contributed by atoms with Crippen molar-refractivity contribution in [3.05, 3.63) is 19.6 Å². The lowest BCUT2D eigenvalue weighted by molar-refractivity contribution is -0.121. The van der Waals surface area contributed by atoms with Crippen LogP contribution in [0.2, 0.25) is 0 Å². The Balaban J connectivity index is 4.13. The van der Waals surface area contributed by atoms with E-state index in [2.05, 4.69) is 13.5 Å². The van der Waals surface area contributed by atoms with Crippen molar-refractivity contribution in [3.63, 3.8) is 0 Å². The maximum absolute atomic E-state index is 10.9. The van der Waals surface area contributed by atoms with Gasteiger partial charge in [-0.2, -0.15) is 0 Å². The molecule has 0 aliphatic heterocycles. The minimum Gasteiger partial charge on any atom is -0.294 e.